The largest absolute Gasteiger partial charge is 0.508 e. The van der Waals surface area contributed by atoms with Gasteiger partial charge in [-0.15, -0.1) is 0 Å². The number of phenolic OH excluding ortho intramolecular Hbond substituents is 1. The van der Waals surface area contributed by atoms with Crippen LogP contribution in [0.4, 0.5) is 0 Å². The van der Waals surface area contributed by atoms with Crippen LogP contribution in [0.25, 0.3) is 10.8 Å². The number of phenols is 1. The number of aromatic hydroxyl groups is 1. The van der Waals surface area contributed by atoms with Crippen LogP contribution in [-0.4, -0.2) is 10.1 Å². The SMILES string of the molecule is CCCCCc1ccc(Cc2nccc3ccccc23)cc1O. The van der Waals surface area contributed by atoms with Crippen molar-refractivity contribution in [3.8, 4) is 5.75 Å². The quantitative estimate of drug-likeness (QED) is 0.630. The minimum absolute atomic E-state index is 0.416. The van der Waals surface area contributed by atoms with E-state index in [1.54, 1.807) is 0 Å². The van der Waals surface area contributed by atoms with Crippen LogP contribution in [0.5, 0.6) is 5.75 Å². The first kappa shape index (κ1) is 15.5. The van der Waals surface area contributed by atoms with Gasteiger partial charge >= 0.3 is 0 Å². The van der Waals surface area contributed by atoms with Gasteiger partial charge in [-0.3, -0.25) is 4.98 Å². The van der Waals surface area contributed by atoms with Gasteiger partial charge in [0, 0.05) is 18.0 Å². The molecule has 118 valence electrons. The Morgan fingerprint density at radius 3 is 2.70 bits per heavy atom. The number of rotatable bonds is 6. The van der Waals surface area contributed by atoms with E-state index < -0.39 is 0 Å². The molecule has 2 heteroatoms. The topological polar surface area (TPSA) is 33.1 Å². The predicted octanol–water partition coefficient (Wildman–Crippen LogP) is 5.26. The molecular weight excluding hydrogens is 282 g/mol. The molecule has 23 heavy (non-hydrogen) atoms. The van der Waals surface area contributed by atoms with Crippen molar-refractivity contribution in [3.05, 3.63) is 71.5 Å². The number of hydrogen-bond acceptors (Lipinski definition) is 2. The van der Waals surface area contributed by atoms with Crippen LogP contribution < -0.4 is 0 Å². The molecule has 0 amide bonds. The number of nitrogens with zero attached hydrogens (tertiary/aromatic N) is 1. The van der Waals surface area contributed by atoms with Gasteiger partial charge in [0.25, 0.3) is 0 Å². The Labute approximate surface area is 137 Å². The molecule has 0 aliphatic rings. The Hall–Kier alpha value is -2.35. The molecule has 0 saturated carbocycles. The van der Waals surface area contributed by atoms with Crippen LogP contribution in [0.2, 0.25) is 0 Å². The lowest BCUT2D eigenvalue weighted by molar-refractivity contribution is 0.466. The van der Waals surface area contributed by atoms with Gasteiger partial charge in [0.1, 0.15) is 5.75 Å². The molecule has 1 aromatic heterocycles. The molecule has 3 aromatic rings. The fraction of sp³-hybridized carbons (Fsp3) is 0.286. The summed E-state index contributed by atoms with van der Waals surface area (Å²) in [6, 6.07) is 16.4. The number of fused-ring (bicyclic) bond motifs is 1. The smallest absolute Gasteiger partial charge is 0.119 e. The number of pyridine rings is 1. The van der Waals surface area contributed by atoms with E-state index in [9.17, 15) is 5.11 Å². The van der Waals surface area contributed by atoms with Gasteiger partial charge < -0.3 is 5.11 Å². The molecular formula is C21H23NO. The highest BCUT2D eigenvalue weighted by Crippen LogP contribution is 2.24. The van der Waals surface area contributed by atoms with Crippen molar-refractivity contribution < 1.29 is 5.11 Å². The summed E-state index contributed by atoms with van der Waals surface area (Å²) >= 11 is 0. The highest BCUT2D eigenvalue weighted by molar-refractivity contribution is 5.84. The molecule has 0 radical (unpaired) electrons. The van der Waals surface area contributed by atoms with Gasteiger partial charge in [-0.25, -0.2) is 0 Å². The van der Waals surface area contributed by atoms with Gasteiger partial charge in [-0.2, -0.15) is 0 Å². The Kier molecular flexibility index (Phi) is 4.92. The zero-order chi connectivity index (χ0) is 16.1. The second kappa shape index (κ2) is 7.28. The average molecular weight is 305 g/mol. The first-order valence-corrected chi connectivity index (χ1v) is 8.41. The van der Waals surface area contributed by atoms with Crippen molar-refractivity contribution in [2.75, 3.05) is 0 Å². The average Bonchev–Trinajstić information content (AvgIpc) is 2.57. The lowest BCUT2D eigenvalue weighted by Crippen LogP contribution is -1.95. The summed E-state index contributed by atoms with van der Waals surface area (Å²) in [5, 5.41) is 12.6. The van der Waals surface area contributed by atoms with E-state index in [-0.39, 0.29) is 0 Å². The van der Waals surface area contributed by atoms with Crippen molar-refractivity contribution in [2.45, 2.75) is 39.0 Å². The van der Waals surface area contributed by atoms with Gasteiger partial charge in [0.15, 0.2) is 0 Å². The second-order valence-electron chi connectivity index (χ2n) is 6.08. The summed E-state index contributed by atoms with van der Waals surface area (Å²) in [5.41, 5.74) is 3.21. The van der Waals surface area contributed by atoms with Crippen molar-refractivity contribution >= 4 is 10.8 Å². The number of hydrogen-bond donors (Lipinski definition) is 1. The number of aromatic nitrogens is 1. The summed E-state index contributed by atoms with van der Waals surface area (Å²) < 4.78 is 0. The monoisotopic (exact) mass is 305 g/mol. The zero-order valence-corrected chi connectivity index (χ0v) is 13.6. The lowest BCUT2D eigenvalue weighted by Gasteiger charge is -2.09. The Balaban J connectivity index is 1.81. The molecule has 0 bridgehead atoms. The molecule has 2 nitrogen and oxygen atoms in total. The van der Waals surface area contributed by atoms with E-state index in [4.69, 9.17) is 0 Å². The number of unbranched alkanes of at least 4 members (excludes halogenated alkanes) is 2. The molecule has 3 rings (SSSR count). The van der Waals surface area contributed by atoms with E-state index >= 15 is 0 Å². The molecule has 0 saturated heterocycles. The third kappa shape index (κ3) is 3.70. The van der Waals surface area contributed by atoms with E-state index in [2.05, 4.69) is 36.2 Å². The molecule has 2 aromatic carbocycles. The molecule has 0 aliphatic carbocycles. The van der Waals surface area contributed by atoms with Crippen LogP contribution in [0.3, 0.4) is 0 Å². The maximum atomic E-state index is 10.3. The van der Waals surface area contributed by atoms with Gasteiger partial charge in [0.05, 0.1) is 5.69 Å². The van der Waals surface area contributed by atoms with Gasteiger partial charge in [-0.1, -0.05) is 56.2 Å². The Bertz CT molecular complexity index is 789. The maximum absolute atomic E-state index is 10.3. The Morgan fingerprint density at radius 2 is 1.87 bits per heavy atom. The number of benzene rings is 2. The predicted molar refractivity (Wildman–Crippen MR) is 95.9 cm³/mol. The summed E-state index contributed by atoms with van der Waals surface area (Å²) in [5.74, 6) is 0.416. The molecule has 0 unspecified atom stereocenters. The minimum atomic E-state index is 0.416. The second-order valence-corrected chi connectivity index (χ2v) is 6.08. The number of aryl methyl sites for hydroxylation is 1. The summed E-state index contributed by atoms with van der Waals surface area (Å²) in [4.78, 5) is 4.53. The molecule has 0 aliphatic heterocycles. The van der Waals surface area contributed by atoms with Crippen molar-refractivity contribution in [1.29, 1.82) is 0 Å². The first-order valence-electron chi connectivity index (χ1n) is 8.41. The van der Waals surface area contributed by atoms with E-state index in [0.29, 0.717) is 5.75 Å². The van der Waals surface area contributed by atoms with Crippen molar-refractivity contribution in [1.82, 2.24) is 4.98 Å². The summed E-state index contributed by atoms with van der Waals surface area (Å²) in [6.45, 7) is 2.19. The molecule has 0 fully saturated rings. The highest BCUT2D eigenvalue weighted by Gasteiger charge is 2.07. The lowest BCUT2D eigenvalue weighted by atomic mass is 10.00. The van der Waals surface area contributed by atoms with Crippen LogP contribution in [0, 0.1) is 0 Å². The standard InChI is InChI=1S/C21H23NO/c1-2-3-4-8-18-11-10-16(15-21(18)23)14-20-19-9-6-5-7-17(19)12-13-22-20/h5-7,9-13,15,23H,2-4,8,14H2,1H3. The normalized spacial score (nSPS) is 11.0. The van der Waals surface area contributed by atoms with Crippen molar-refractivity contribution in [3.63, 3.8) is 0 Å². The third-order valence-electron chi connectivity index (χ3n) is 4.33. The van der Waals surface area contributed by atoms with E-state index in [0.717, 1.165) is 36.1 Å². The summed E-state index contributed by atoms with van der Waals surface area (Å²) in [7, 11) is 0. The van der Waals surface area contributed by atoms with Crippen LogP contribution in [0.1, 0.15) is 43.0 Å². The molecule has 0 spiro atoms. The molecule has 0 atom stereocenters. The minimum Gasteiger partial charge on any atom is -0.508 e. The van der Waals surface area contributed by atoms with E-state index in [1.807, 2.05) is 30.5 Å². The summed E-state index contributed by atoms with van der Waals surface area (Å²) in [6.07, 6.45) is 7.09. The van der Waals surface area contributed by atoms with Gasteiger partial charge in [0.2, 0.25) is 0 Å². The fourth-order valence-corrected chi connectivity index (χ4v) is 3.01. The Morgan fingerprint density at radius 1 is 1.00 bits per heavy atom. The maximum Gasteiger partial charge on any atom is 0.119 e. The van der Waals surface area contributed by atoms with Gasteiger partial charge in [-0.05, 0) is 41.5 Å². The third-order valence-corrected chi connectivity index (χ3v) is 4.33. The fourth-order valence-electron chi connectivity index (χ4n) is 3.01. The molecule has 1 heterocycles. The van der Waals surface area contributed by atoms with Crippen LogP contribution >= 0.6 is 0 Å². The van der Waals surface area contributed by atoms with Crippen LogP contribution in [0.15, 0.2) is 54.7 Å². The van der Waals surface area contributed by atoms with E-state index in [1.165, 1.54) is 23.6 Å². The zero-order valence-electron chi connectivity index (χ0n) is 13.6. The van der Waals surface area contributed by atoms with Crippen LogP contribution in [-0.2, 0) is 12.8 Å². The first-order chi connectivity index (χ1) is 11.3. The molecule has 1 N–H and O–H groups in total. The highest BCUT2D eigenvalue weighted by atomic mass is 16.3. The van der Waals surface area contributed by atoms with Crippen molar-refractivity contribution in [2.24, 2.45) is 0 Å².